The van der Waals surface area contributed by atoms with Gasteiger partial charge in [-0.1, -0.05) is 0 Å². The second-order valence-electron chi connectivity index (χ2n) is 6.11. The van der Waals surface area contributed by atoms with Crippen molar-refractivity contribution in [2.75, 3.05) is 67.0 Å². The topological polar surface area (TPSA) is 84.5 Å². The van der Waals surface area contributed by atoms with Gasteiger partial charge in [0.25, 0.3) is 5.91 Å². The van der Waals surface area contributed by atoms with Crippen LogP contribution in [0.2, 0.25) is 0 Å². The molecule has 1 rings (SSSR count). The van der Waals surface area contributed by atoms with Crippen LogP contribution in [-0.2, 0) is 9.59 Å². The highest BCUT2D eigenvalue weighted by atomic mass is 19.4. The minimum Gasteiger partial charge on any atom is -0.542 e. The third-order valence-electron chi connectivity index (χ3n) is 2.79. The van der Waals surface area contributed by atoms with Crippen LogP contribution in [0.15, 0.2) is 0 Å². The molecule has 1 aliphatic heterocycles. The van der Waals surface area contributed by atoms with E-state index in [9.17, 15) is 18.0 Å². The molecule has 1 fully saturated rings. The number of quaternary nitrogens is 1. The Morgan fingerprint density at radius 2 is 1.43 bits per heavy atom. The van der Waals surface area contributed by atoms with Gasteiger partial charge in [0, 0.05) is 39.3 Å². The summed E-state index contributed by atoms with van der Waals surface area (Å²) in [6.07, 6.45) is -5.19. The molecule has 1 amide bonds. The van der Waals surface area contributed by atoms with Gasteiger partial charge in [0.2, 0.25) is 0 Å². The summed E-state index contributed by atoms with van der Waals surface area (Å²) >= 11 is 0. The summed E-state index contributed by atoms with van der Waals surface area (Å²) < 4.78 is 32.2. The van der Waals surface area contributed by atoms with Gasteiger partial charge in [0.05, 0.1) is 21.1 Å². The number of rotatable bonds is 2. The van der Waals surface area contributed by atoms with Crippen molar-refractivity contribution in [1.29, 1.82) is 0 Å². The molecular weight excluding hydrogens is 317 g/mol. The van der Waals surface area contributed by atoms with E-state index in [1.165, 1.54) is 0 Å². The minimum absolute atomic E-state index is 0.248. The van der Waals surface area contributed by atoms with Crippen LogP contribution >= 0.6 is 0 Å². The summed E-state index contributed by atoms with van der Waals surface area (Å²) in [5.74, 6) is -2.76. The fourth-order valence-corrected chi connectivity index (χ4v) is 1.72. The van der Waals surface area contributed by atoms with Crippen molar-refractivity contribution in [2.24, 2.45) is 0 Å². The molecule has 10 heteroatoms. The van der Waals surface area contributed by atoms with E-state index in [4.69, 9.17) is 9.90 Å². The maximum absolute atomic E-state index is 12.0. The molecule has 0 saturated carbocycles. The largest absolute Gasteiger partial charge is 0.542 e. The molecule has 0 aromatic heterocycles. The number of carbonyl (C=O) groups is 2. The smallest absolute Gasteiger partial charge is 0.430 e. The predicted octanol–water partition coefficient (Wildman–Crippen LogP) is -1.99. The van der Waals surface area contributed by atoms with Crippen LogP contribution in [0.25, 0.3) is 0 Å². The van der Waals surface area contributed by atoms with Crippen LogP contribution in [0.1, 0.15) is 0 Å². The zero-order chi connectivity index (χ0) is 18.1. The van der Waals surface area contributed by atoms with Crippen LogP contribution in [-0.4, -0.2) is 94.4 Å². The van der Waals surface area contributed by atoms with Crippen molar-refractivity contribution >= 4 is 11.9 Å². The lowest BCUT2D eigenvalue weighted by molar-refractivity contribution is -0.862. The number of likely N-dealkylation sites (N-methyl/N-ethyl adjacent to an activating group) is 1. The van der Waals surface area contributed by atoms with E-state index >= 15 is 0 Å². The third kappa shape index (κ3) is 11.8. The zero-order valence-corrected chi connectivity index (χ0v) is 13.7. The Labute approximate surface area is 134 Å². The van der Waals surface area contributed by atoms with Gasteiger partial charge in [-0.3, -0.25) is 4.79 Å². The lowest BCUT2D eigenvalue weighted by Gasteiger charge is -2.28. The quantitative estimate of drug-likeness (QED) is 0.568. The van der Waals surface area contributed by atoms with Gasteiger partial charge >= 0.3 is 6.18 Å². The molecule has 0 unspecified atom stereocenters. The molecule has 0 aromatic rings. The van der Waals surface area contributed by atoms with Gasteiger partial charge in [-0.15, -0.1) is 0 Å². The first-order valence-corrected chi connectivity index (χ1v) is 7.21. The lowest BCUT2D eigenvalue weighted by atomic mass is 10.4. The molecule has 2 N–H and O–H groups in total. The van der Waals surface area contributed by atoms with Crippen LogP contribution < -0.4 is 15.7 Å². The van der Waals surface area contributed by atoms with Crippen LogP contribution in [0.5, 0.6) is 0 Å². The van der Waals surface area contributed by atoms with Gasteiger partial charge in [-0.2, -0.15) is 13.2 Å². The standard InChI is InChI=1S/C11H25N4O.C2HF3O2/c1-15(2,3)10-11(16)14-8-6-12-4-5-13-7-9-14;3-2(4,5)1(6)7/h12-13H,4-10H2,1-3H3;(H,6,7)/q+1;/p-1. The number of hydrogen-bond donors (Lipinski definition) is 2. The number of hydrogen-bond acceptors (Lipinski definition) is 5. The molecule has 0 spiro atoms. The van der Waals surface area contributed by atoms with Gasteiger partial charge in [0.1, 0.15) is 5.97 Å². The van der Waals surface area contributed by atoms with Crippen molar-refractivity contribution in [3.63, 3.8) is 0 Å². The first-order chi connectivity index (χ1) is 10.4. The van der Waals surface area contributed by atoms with Crippen molar-refractivity contribution in [1.82, 2.24) is 15.5 Å². The van der Waals surface area contributed by atoms with Crippen molar-refractivity contribution in [2.45, 2.75) is 6.18 Å². The number of nitrogens with zero attached hydrogens (tertiary/aromatic N) is 2. The van der Waals surface area contributed by atoms with E-state index in [2.05, 4.69) is 10.6 Å². The molecule has 1 aliphatic rings. The molecule has 0 atom stereocenters. The van der Waals surface area contributed by atoms with Gasteiger partial charge in [-0.25, -0.2) is 0 Å². The fraction of sp³-hybridized carbons (Fsp3) is 0.846. The lowest BCUT2D eigenvalue weighted by Crippen LogP contribution is -2.48. The Hall–Kier alpha value is -1.39. The van der Waals surface area contributed by atoms with E-state index < -0.39 is 12.1 Å². The summed E-state index contributed by atoms with van der Waals surface area (Å²) in [6.45, 7) is 5.96. The monoisotopic (exact) mass is 342 g/mol. The highest BCUT2D eigenvalue weighted by Gasteiger charge is 2.28. The summed E-state index contributed by atoms with van der Waals surface area (Å²) in [5.41, 5.74) is 0. The molecule has 0 bridgehead atoms. The second-order valence-corrected chi connectivity index (χ2v) is 6.11. The van der Waals surface area contributed by atoms with Crippen LogP contribution in [0, 0.1) is 0 Å². The van der Waals surface area contributed by atoms with Crippen molar-refractivity contribution in [3.05, 3.63) is 0 Å². The predicted molar refractivity (Wildman–Crippen MR) is 76.3 cm³/mol. The second kappa shape index (κ2) is 9.68. The number of carboxylic acids is 1. The Kier molecular flexibility index (Phi) is 9.10. The highest BCUT2D eigenvalue weighted by Crippen LogP contribution is 2.11. The maximum Gasteiger partial charge on any atom is 0.430 e. The molecule has 0 radical (unpaired) electrons. The Bertz CT molecular complexity index is 374. The number of aliphatic carboxylic acids is 1. The number of carbonyl (C=O) groups excluding carboxylic acids is 2. The van der Waals surface area contributed by atoms with E-state index in [1.807, 2.05) is 26.0 Å². The fourth-order valence-electron chi connectivity index (χ4n) is 1.72. The summed E-state index contributed by atoms with van der Waals surface area (Å²) in [6, 6.07) is 0. The summed E-state index contributed by atoms with van der Waals surface area (Å²) in [4.78, 5) is 22.8. The van der Waals surface area contributed by atoms with Crippen molar-refractivity contribution < 1.29 is 32.3 Å². The maximum atomic E-state index is 12.0. The normalized spacial score (nSPS) is 17.2. The average Bonchev–Trinajstić information content (AvgIpc) is 2.49. The van der Waals surface area contributed by atoms with E-state index in [1.54, 1.807) is 0 Å². The van der Waals surface area contributed by atoms with E-state index in [-0.39, 0.29) is 5.91 Å². The van der Waals surface area contributed by atoms with E-state index in [0.717, 1.165) is 39.3 Å². The average molecular weight is 342 g/mol. The Balaban J connectivity index is 0.000000585. The van der Waals surface area contributed by atoms with Crippen LogP contribution in [0.4, 0.5) is 13.2 Å². The first-order valence-electron chi connectivity index (χ1n) is 7.21. The molecular formula is C13H25F3N4O3. The Morgan fingerprint density at radius 3 is 1.74 bits per heavy atom. The molecule has 0 aromatic carbocycles. The molecule has 23 heavy (non-hydrogen) atoms. The SMILES string of the molecule is C[N+](C)(C)CC(=O)N1CCNCCNCC1.O=C([O-])C(F)(F)F. The molecule has 1 heterocycles. The number of nitrogens with one attached hydrogen (secondary N) is 2. The van der Waals surface area contributed by atoms with Crippen LogP contribution in [0.3, 0.4) is 0 Å². The molecule has 136 valence electrons. The number of halogens is 3. The minimum atomic E-state index is -5.19. The summed E-state index contributed by atoms with van der Waals surface area (Å²) in [5, 5.41) is 15.4. The summed E-state index contributed by atoms with van der Waals surface area (Å²) in [7, 11) is 6.14. The molecule has 7 nitrogen and oxygen atoms in total. The van der Waals surface area contributed by atoms with Crippen molar-refractivity contribution in [3.8, 4) is 0 Å². The number of carboxylic acid groups (broad SMARTS) is 1. The third-order valence-corrected chi connectivity index (χ3v) is 2.79. The van der Waals surface area contributed by atoms with Gasteiger partial charge in [-0.05, 0) is 0 Å². The molecule has 1 saturated heterocycles. The van der Waals surface area contributed by atoms with Gasteiger partial charge < -0.3 is 29.9 Å². The molecule has 0 aliphatic carbocycles. The first kappa shape index (κ1) is 21.6. The number of amides is 1. The van der Waals surface area contributed by atoms with Gasteiger partial charge in [0.15, 0.2) is 6.54 Å². The zero-order valence-electron chi connectivity index (χ0n) is 13.7. The number of alkyl halides is 3. The highest BCUT2D eigenvalue weighted by molar-refractivity contribution is 5.77. The Morgan fingerprint density at radius 1 is 1.04 bits per heavy atom. The van der Waals surface area contributed by atoms with E-state index in [0.29, 0.717) is 11.0 Å².